The molecule has 2 N–H and O–H groups in total. The Morgan fingerprint density at radius 2 is 1.82 bits per heavy atom. The van der Waals surface area contributed by atoms with Gasteiger partial charge in [-0.3, -0.25) is 9.59 Å². The monoisotopic (exact) mass is 301 g/mol. The van der Waals surface area contributed by atoms with Gasteiger partial charge >= 0.3 is 0 Å². The highest BCUT2D eigenvalue weighted by molar-refractivity contribution is 5.96. The Kier molecular flexibility index (Phi) is 6.11. The first-order chi connectivity index (χ1) is 10.3. The smallest absolute Gasteiger partial charge is 0.251 e. The molecule has 22 heavy (non-hydrogen) atoms. The second-order valence-electron chi connectivity index (χ2n) is 6.17. The zero-order chi connectivity index (χ0) is 16.8. The second-order valence-corrected chi connectivity index (χ2v) is 6.17. The average molecular weight is 301 g/mol. The molecule has 0 saturated carbocycles. The van der Waals surface area contributed by atoms with Gasteiger partial charge in [0.15, 0.2) is 0 Å². The minimum absolute atomic E-state index is 0.0291. The number of carbonyl (C=O) groups is 2. The molecule has 5 nitrogen and oxygen atoms in total. The first kappa shape index (κ1) is 17.7. The van der Waals surface area contributed by atoms with E-state index < -0.39 is 6.04 Å². The Morgan fingerprint density at radius 1 is 1.23 bits per heavy atom. The molecule has 1 atom stereocenters. The summed E-state index contributed by atoms with van der Waals surface area (Å²) < 4.78 is 0. The van der Waals surface area contributed by atoms with Gasteiger partial charge < -0.3 is 10.6 Å². The van der Waals surface area contributed by atoms with Gasteiger partial charge in [-0.2, -0.15) is 5.26 Å². The van der Waals surface area contributed by atoms with Crippen LogP contribution in [0.3, 0.4) is 0 Å². The summed E-state index contributed by atoms with van der Waals surface area (Å²) >= 11 is 0. The lowest BCUT2D eigenvalue weighted by Gasteiger charge is -2.19. The summed E-state index contributed by atoms with van der Waals surface area (Å²) in [5.74, 6) is -0.673. The maximum absolute atomic E-state index is 12.0. The number of carbonyl (C=O) groups excluding carboxylic acids is 2. The van der Waals surface area contributed by atoms with Gasteiger partial charge in [-0.15, -0.1) is 0 Å². The van der Waals surface area contributed by atoms with Crippen LogP contribution in [0, 0.1) is 11.3 Å². The van der Waals surface area contributed by atoms with E-state index in [1.54, 1.807) is 12.1 Å². The molecule has 0 unspecified atom stereocenters. The number of nitrogens with one attached hydrogen (secondary N) is 2. The number of nitrogens with zero attached hydrogens (tertiary/aromatic N) is 1. The van der Waals surface area contributed by atoms with Crippen LogP contribution in [0.4, 0.5) is 0 Å². The van der Waals surface area contributed by atoms with Gasteiger partial charge in [0.25, 0.3) is 5.91 Å². The Labute approximate surface area is 131 Å². The summed E-state index contributed by atoms with van der Waals surface area (Å²) in [4.78, 5) is 23.6. The van der Waals surface area contributed by atoms with Gasteiger partial charge in [0.05, 0.1) is 12.6 Å². The van der Waals surface area contributed by atoms with E-state index >= 15 is 0 Å². The van der Waals surface area contributed by atoms with E-state index in [0.717, 1.165) is 5.56 Å². The highest BCUT2D eigenvalue weighted by Gasteiger charge is 2.15. The van der Waals surface area contributed by atoms with E-state index in [2.05, 4.69) is 31.4 Å². The SMILES string of the molecule is CC[C@H](C#N)NC(=O)CNC(=O)c1ccc(C(C)(C)C)cc1. The second kappa shape index (κ2) is 7.60. The van der Waals surface area contributed by atoms with Crippen molar-refractivity contribution in [2.24, 2.45) is 0 Å². The Bertz CT molecular complexity index is 565. The summed E-state index contributed by atoms with van der Waals surface area (Å²) in [5.41, 5.74) is 1.68. The van der Waals surface area contributed by atoms with Crippen molar-refractivity contribution in [3.05, 3.63) is 35.4 Å². The fourth-order valence-electron chi connectivity index (χ4n) is 1.86. The summed E-state index contributed by atoms with van der Waals surface area (Å²) in [6, 6.07) is 8.78. The summed E-state index contributed by atoms with van der Waals surface area (Å²) in [5, 5.41) is 13.9. The summed E-state index contributed by atoms with van der Waals surface area (Å²) in [6.07, 6.45) is 0.532. The first-order valence-electron chi connectivity index (χ1n) is 7.35. The standard InChI is InChI=1S/C17H23N3O2/c1-5-14(10-18)20-15(21)11-19-16(22)12-6-8-13(9-7-12)17(2,3)4/h6-9,14H,5,11H2,1-4H3,(H,19,22)(H,20,21)/t14-/m1/s1. The van der Waals surface area contributed by atoms with E-state index in [1.807, 2.05) is 25.1 Å². The van der Waals surface area contributed by atoms with Crippen molar-refractivity contribution < 1.29 is 9.59 Å². The fraction of sp³-hybridized carbons (Fsp3) is 0.471. The van der Waals surface area contributed by atoms with Gasteiger partial charge in [-0.05, 0) is 29.5 Å². The molecule has 1 rings (SSSR count). The topological polar surface area (TPSA) is 82.0 Å². The normalized spacial score (nSPS) is 12.1. The first-order valence-corrected chi connectivity index (χ1v) is 7.35. The predicted octanol–water partition coefficient (Wildman–Crippen LogP) is 2.13. The number of rotatable bonds is 5. The van der Waals surface area contributed by atoms with E-state index in [4.69, 9.17) is 5.26 Å². The third kappa shape index (κ3) is 5.21. The molecule has 0 heterocycles. The molecule has 118 valence electrons. The van der Waals surface area contributed by atoms with Crippen molar-refractivity contribution >= 4 is 11.8 Å². The zero-order valence-electron chi connectivity index (χ0n) is 13.6. The van der Waals surface area contributed by atoms with Gasteiger partial charge in [0, 0.05) is 5.56 Å². The Balaban J connectivity index is 2.56. The number of amides is 2. The lowest BCUT2D eigenvalue weighted by molar-refractivity contribution is -0.120. The van der Waals surface area contributed by atoms with Gasteiger partial charge in [-0.25, -0.2) is 0 Å². The van der Waals surface area contributed by atoms with Crippen molar-refractivity contribution in [2.45, 2.75) is 45.6 Å². The van der Waals surface area contributed by atoms with Gasteiger partial charge in [0.2, 0.25) is 5.91 Å². The lowest BCUT2D eigenvalue weighted by Crippen LogP contribution is -2.41. The molecule has 0 radical (unpaired) electrons. The van der Waals surface area contributed by atoms with E-state index in [1.165, 1.54) is 0 Å². The molecule has 1 aromatic rings. The molecule has 0 fully saturated rings. The minimum Gasteiger partial charge on any atom is -0.343 e. The van der Waals surface area contributed by atoms with Gasteiger partial charge in [-0.1, -0.05) is 39.8 Å². The molecule has 0 bridgehead atoms. The number of hydrogen-bond acceptors (Lipinski definition) is 3. The van der Waals surface area contributed by atoms with Crippen LogP contribution < -0.4 is 10.6 Å². The van der Waals surface area contributed by atoms with Crippen molar-refractivity contribution in [1.82, 2.24) is 10.6 Å². The Hall–Kier alpha value is -2.35. The molecule has 0 aliphatic carbocycles. The maximum Gasteiger partial charge on any atom is 0.251 e. The number of benzene rings is 1. The average Bonchev–Trinajstić information content (AvgIpc) is 2.49. The van der Waals surface area contributed by atoms with Gasteiger partial charge in [0.1, 0.15) is 6.04 Å². The van der Waals surface area contributed by atoms with Crippen LogP contribution >= 0.6 is 0 Å². The molecule has 2 amide bonds. The van der Waals surface area contributed by atoms with Crippen LogP contribution in [0.2, 0.25) is 0 Å². The largest absolute Gasteiger partial charge is 0.343 e. The molecule has 0 aliphatic rings. The summed E-state index contributed by atoms with van der Waals surface area (Å²) in [7, 11) is 0. The van der Waals surface area contributed by atoms with Crippen LogP contribution in [0.5, 0.6) is 0 Å². The third-order valence-corrected chi connectivity index (χ3v) is 3.32. The molecular weight excluding hydrogens is 278 g/mol. The van der Waals surface area contributed by atoms with Crippen molar-refractivity contribution in [3.63, 3.8) is 0 Å². The highest BCUT2D eigenvalue weighted by Crippen LogP contribution is 2.22. The molecule has 0 saturated heterocycles. The quantitative estimate of drug-likeness (QED) is 0.874. The molecule has 0 spiro atoms. The Morgan fingerprint density at radius 3 is 2.27 bits per heavy atom. The predicted molar refractivity (Wildman–Crippen MR) is 85.3 cm³/mol. The summed E-state index contributed by atoms with van der Waals surface area (Å²) in [6.45, 7) is 7.98. The van der Waals surface area contributed by atoms with Crippen LogP contribution in [0.25, 0.3) is 0 Å². The van der Waals surface area contributed by atoms with Crippen molar-refractivity contribution in [1.29, 1.82) is 5.26 Å². The minimum atomic E-state index is -0.518. The third-order valence-electron chi connectivity index (χ3n) is 3.32. The number of nitriles is 1. The molecule has 1 aromatic carbocycles. The maximum atomic E-state index is 12.0. The molecule has 0 aliphatic heterocycles. The van der Waals surface area contributed by atoms with E-state index in [-0.39, 0.29) is 23.8 Å². The lowest BCUT2D eigenvalue weighted by atomic mass is 9.87. The van der Waals surface area contributed by atoms with E-state index in [9.17, 15) is 9.59 Å². The highest BCUT2D eigenvalue weighted by atomic mass is 16.2. The number of hydrogen-bond donors (Lipinski definition) is 2. The molecule has 0 aromatic heterocycles. The van der Waals surface area contributed by atoms with Crippen LogP contribution in [0.1, 0.15) is 50.0 Å². The van der Waals surface area contributed by atoms with Crippen molar-refractivity contribution in [3.8, 4) is 6.07 Å². The van der Waals surface area contributed by atoms with Crippen LogP contribution in [-0.2, 0) is 10.2 Å². The van der Waals surface area contributed by atoms with Crippen molar-refractivity contribution in [2.75, 3.05) is 6.54 Å². The zero-order valence-corrected chi connectivity index (χ0v) is 13.6. The van der Waals surface area contributed by atoms with E-state index in [0.29, 0.717) is 12.0 Å². The fourth-order valence-corrected chi connectivity index (χ4v) is 1.86. The molecule has 5 heteroatoms. The van der Waals surface area contributed by atoms with Crippen LogP contribution in [-0.4, -0.2) is 24.4 Å². The van der Waals surface area contributed by atoms with Crippen LogP contribution in [0.15, 0.2) is 24.3 Å². The molecular formula is C17H23N3O2.